The second-order valence-corrected chi connectivity index (χ2v) is 3.81. The van der Waals surface area contributed by atoms with Crippen molar-refractivity contribution >= 4 is 15.9 Å². The van der Waals surface area contributed by atoms with Crippen molar-refractivity contribution in [3.8, 4) is 17.4 Å². The number of hydrogen-bond acceptors (Lipinski definition) is 4. The topological polar surface area (TPSA) is 44.2 Å². The summed E-state index contributed by atoms with van der Waals surface area (Å²) in [6.07, 6.45) is 3.06. The number of aromatic nitrogens is 2. The Bertz CT molecular complexity index is 474. The molecule has 16 heavy (non-hydrogen) atoms. The summed E-state index contributed by atoms with van der Waals surface area (Å²) in [5.74, 6) is 1.97. The van der Waals surface area contributed by atoms with Crippen molar-refractivity contribution in [2.75, 3.05) is 7.11 Å². The maximum absolute atomic E-state index is 5.56. The van der Waals surface area contributed by atoms with Crippen molar-refractivity contribution in [1.29, 1.82) is 0 Å². The molecule has 0 fully saturated rings. The quantitative estimate of drug-likeness (QED) is 0.867. The summed E-state index contributed by atoms with van der Waals surface area (Å²) >= 11 is 3.31. The van der Waals surface area contributed by atoms with Crippen LogP contribution in [0.3, 0.4) is 0 Å². The smallest absolute Gasteiger partial charge is 0.236 e. The molecule has 0 atom stereocenters. The molecule has 0 bridgehead atoms. The van der Waals surface area contributed by atoms with Crippen LogP contribution >= 0.6 is 15.9 Å². The highest BCUT2D eigenvalue weighted by atomic mass is 79.9. The van der Waals surface area contributed by atoms with Crippen molar-refractivity contribution in [3.05, 3.63) is 41.3 Å². The van der Waals surface area contributed by atoms with E-state index in [9.17, 15) is 0 Å². The van der Waals surface area contributed by atoms with Crippen LogP contribution in [0.1, 0.15) is 0 Å². The molecule has 0 N–H and O–H groups in total. The van der Waals surface area contributed by atoms with E-state index in [-0.39, 0.29) is 0 Å². The van der Waals surface area contributed by atoms with E-state index in [1.165, 1.54) is 6.33 Å². The number of rotatable bonds is 3. The average molecular weight is 281 g/mol. The zero-order chi connectivity index (χ0) is 11.4. The summed E-state index contributed by atoms with van der Waals surface area (Å²) in [5.41, 5.74) is 0. The zero-order valence-corrected chi connectivity index (χ0v) is 10.1. The Morgan fingerprint density at radius 2 is 1.81 bits per heavy atom. The van der Waals surface area contributed by atoms with Gasteiger partial charge < -0.3 is 9.47 Å². The van der Waals surface area contributed by atoms with Gasteiger partial charge in [0.15, 0.2) is 0 Å². The molecule has 0 aliphatic rings. The molecule has 82 valence electrons. The highest BCUT2D eigenvalue weighted by Crippen LogP contribution is 2.27. The second-order valence-electron chi connectivity index (χ2n) is 2.95. The van der Waals surface area contributed by atoms with Crippen LogP contribution in [0.4, 0.5) is 0 Å². The van der Waals surface area contributed by atoms with Gasteiger partial charge in [0.2, 0.25) is 5.88 Å². The molecule has 0 aliphatic carbocycles. The van der Waals surface area contributed by atoms with Crippen LogP contribution < -0.4 is 9.47 Å². The highest BCUT2D eigenvalue weighted by molar-refractivity contribution is 9.10. The van der Waals surface area contributed by atoms with Gasteiger partial charge in [-0.05, 0) is 40.2 Å². The van der Waals surface area contributed by atoms with Gasteiger partial charge in [-0.15, -0.1) is 0 Å². The Labute approximate surface area is 101 Å². The number of hydrogen-bond donors (Lipinski definition) is 0. The Morgan fingerprint density at radius 1 is 1.12 bits per heavy atom. The van der Waals surface area contributed by atoms with E-state index < -0.39 is 0 Å². The summed E-state index contributed by atoms with van der Waals surface area (Å²) in [4.78, 5) is 7.86. The average Bonchev–Trinajstić information content (AvgIpc) is 2.33. The molecule has 2 aromatic rings. The molecule has 1 heterocycles. The lowest BCUT2D eigenvalue weighted by Crippen LogP contribution is -1.90. The largest absolute Gasteiger partial charge is 0.497 e. The monoisotopic (exact) mass is 280 g/mol. The summed E-state index contributed by atoms with van der Waals surface area (Å²) in [6, 6.07) is 7.27. The number of methoxy groups -OCH3 is 1. The van der Waals surface area contributed by atoms with Crippen LogP contribution in [0, 0.1) is 0 Å². The first-order valence-electron chi connectivity index (χ1n) is 4.57. The van der Waals surface area contributed by atoms with Gasteiger partial charge in [0, 0.05) is 6.20 Å². The minimum atomic E-state index is 0.486. The van der Waals surface area contributed by atoms with Crippen molar-refractivity contribution < 1.29 is 9.47 Å². The number of halogens is 1. The van der Waals surface area contributed by atoms with E-state index in [0.717, 1.165) is 5.75 Å². The second kappa shape index (κ2) is 4.94. The fourth-order valence-electron chi connectivity index (χ4n) is 1.13. The fraction of sp³-hybridized carbons (Fsp3) is 0.0909. The van der Waals surface area contributed by atoms with Crippen molar-refractivity contribution in [2.24, 2.45) is 0 Å². The normalized spacial score (nSPS) is 9.88. The summed E-state index contributed by atoms with van der Waals surface area (Å²) < 4.78 is 11.3. The van der Waals surface area contributed by atoms with Crippen LogP contribution in [0.25, 0.3) is 0 Å². The summed E-state index contributed by atoms with van der Waals surface area (Å²) in [5, 5.41) is 0. The standard InChI is InChI=1S/C11H9BrN2O2/c1-15-8-2-4-9(5-3-8)16-11-10(12)6-13-7-14-11/h2-7H,1H3. The van der Waals surface area contributed by atoms with Gasteiger partial charge in [0.1, 0.15) is 17.8 Å². The Morgan fingerprint density at radius 3 is 2.44 bits per heavy atom. The van der Waals surface area contributed by atoms with Crippen LogP contribution in [0.15, 0.2) is 41.3 Å². The van der Waals surface area contributed by atoms with Crippen LogP contribution in [0.5, 0.6) is 17.4 Å². The number of benzene rings is 1. The summed E-state index contributed by atoms with van der Waals surface area (Å²) in [6.45, 7) is 0. The Hall–Kier alpha value is -1.62. The lowest BCUT2D eigenvalue weighted by molar-refractivity contribution is 0.412. The number of nitrogens with zero attached hydrogens (tertiary/aromatic N) is 2. The Kier molecular flexibility index (Phi) is 3.36. The predicted molar refractivity (Wildman–Crippen MR) is 62.8 cm³/mol. The van der Waals surface area contributed by atoms with Crippen LogP contribution in [-0.4, -0.2) is 17.1 Å². The third kappa shape index (κ3) is 2.49. The van der Waals surface area contributed by atoms with Crippen molar-refractivity contribution in [1.82, 2.24) is 9.97 Å². The first kappa shape index (κ1) is 10.9. The van der Waals surface area contributed by atoms with Crippen molar-refractivity contribution in [2.45, 2.75) is 0 Å². The minimum Gasteiger partial charge on any atom is -0.497 e. The van der Waals surface area contributed by atoms with Gasteiger partial charge in [0.25, 0.3) is 0 Å². The molecule has 4 nitrogen and oxygen atoms in total. The van der Waals surface area contributed by atoms with E-state index >= 15 is 0 Å². The van der Waals surface area contributed by atoms with Crippen LogP contribution in [0.2, 0.25) is 0 Å². The molecule has 2 rings (SSSR count). The predicted octanol–water partition coefficient (Wildman–Crippen LogP) is 3.04. The van der Waals surface area contributed by atoms with E-state index in [1.54, 1.807) is 13.3 Å². The minimum absolute atomic E-state index is 0.486. The molecule has 0 saturated heterocycles. The van der Waals surface area contributed by atoms with E-state index in [1.807, 2.05) is 24.3 Å². The van der Waals surface area contributed by atoms with E-state index in [4.69, 9.17) is 9.47 Å². The number of ether oxygens (including phenoxy) is 2. The van der Waals surface area contributed by atoms with Gasteiger partial charge >= 0.3 is 0 Å². The molecule has 0 amide bonds. The maximum atomic E-state index is 5.56. The van der Waals surface area contributed by atoms with Crippen LogP contribution in [-0.2, 0) is 0 Å². The summed E-state index contributed by atoms with van der Waals surface area (Å²) in [7, 11) is 1.62. The zero-order valence-electron chi connectivity index (χ0n) is 8.55. The van der Waals surface area contributed by atoms with Gasteiger partial charge in [-0.1, -0.05) is 0 Å². The molecule has 0 saturated carbocycles. The molecule has 0 aliphatic heterocycles. The maximum Gasteiger partial charge on any atom is 0.236 e. The van der Waals surface area contributed by atoms with E-state index in [2.05, 4.69) is 25.9 Å². The molecule has 0 unspecified atom stereocenters. The third-order valence-electron chi connectivity index (χ3n) is 1.91. The first-order valence-corrected chi connectivity index (χ1v) is 5.36. The molecule has 5 heteroatoms. The molecule has 1 aromatic carbocycles. The lowest BCUT2D eigenvalue weighted by Gasteiger charge is -2.06. The molecular formula is C11H9BrN2O2. The lowest BCUT2D eigenvalue weighted by atomic mass is 10.3. The SMILES string of the molecule is COc1ccc(Oc2ncncc2Br)cc1. The Balaban J connectivity index is 2.18. The first-order chi connectivity index (χ1) is 7.79. The molecular weight excluding hydrogens is 272 g/mol. The van der Waals surface area contributed by atoms with Gasteiger partial charge in [-0.25, -0.2) is 9.97 Å². The van der Waals surface area contributed by atoms with Gasteiger partial charge in [-0.3, -0.25) is 0 Å². The van der Waals surface area contributed by atoms with Gasteiger partial charge in [0.05, 0.1) is 11.6 Å². The third-order valence-corrected chi connectivity index (χ3v) is 2.45. The molecule has 0 spiro atoms. The molecule has 0 radical (unpaired) electrons. The molecule has 1 aromatic heterocycles. The highest BCUT2D eigenvalue weighted by Gasteiger charge is 2.03. The van der Waals surface area contributed by atoms with Crippen molar-refractivity contribution in [3.63, 3.8) is 0 Å². The fourth-order valence-corrected chi connectivity index (χ4v) is 1.43. The van der Waals surface area contributed by atoms with E-state index in [0.29, 0.717) is 16.1 Å². The van der Waals surface area contributed by atoms with Gasteiger partial charge in [-0.2, -0.15) is 0 Å².